The molecule has 0 saturated carbocycles. The van der Waals surface area contributed by atoms with Gasteiger partial charge in [-0.1, -0.05) is 54.6 Å². The molecule has 2 aliphatic heterocycles. The Balaban J connectivity index is 1.38. The molecule has 2 heterocycles. The van der Waals surface area contributed by atoms with E-state index in [2.05, 4.69) is 29.2 Å². The lowest BCUT2D eigenvalue weighted by molar-refractivity contribution is -0.132. The molecule has 0 radical (unpaired) electrons. The molecule has 0 aliphatic carbocycles. The minimum Gasteiger partial charge on any atom is -0.383 e. The van der Waals surface area contributed by atoms with Gasteiger partial charge in [-0.3, -0.25) is 9.69 Å². The quantitative estimate of drug-likeness (QED) is 0.934. The molecule has 1 amide bonds. The van der Waals surface area contributed by atoms with Gasteiger partial charge in [-0.05, 0) is 29.5 Å². The van der Waals surface area contributed by atoms with Crippen molar-refractivity contribution in [2.45, 2.75) is 25.0 Å². The molecule has 25 heavy (non-hydrogen) atoms. The van der Waals surface area contributed by atoms with Crippen LogP contribution in [0.25, 0.3) is 0 Å². The molecule has 1 saturated heterocycles. The third-order valence-corrected chi connectivity index (χ3v) is 5.48. The third-order valence-electron chi connectivity index (χ3n) is 5.48. The molecule has 1 N–H and O–H groups in total. The van der Waals surface area contributed by atoms with E-state index in [1.54, 1.807) is 0 Å². The number of carbonyl (C=O) groups is 1. The lowest BCUT2D eigenvalue weighted by Crippen LogP contribution is -2.42. The molecule has 0 spiro atoms. The predicted molar refractivity (Wildman–Crippen MR) is 97.0 cm³/mol. The van der Waals surface area contributed by atoms with Crippen LogP contribution in [0.1, 0.15) is 23.1 Å². The molecule has 1 atom stereocenters. The Hall–Kier alpha value is -2.17. The Bertz CT molecular complexity index is 762. The van der Waals surface area contributed by atoms with Gasteiger partial charge in [-0.25, -0.2) is 0 Å². The zero-order valence-electron chi connectivity index (χ0n) is 14.4. The summed E-state index contributed by atoms with van der Waals surface area (Å²) in [6.07, 6.45) is 1.60. The molecule has 4 rings (SSSR count). The highest BCUT2D eigenvalue weighted by atomic mass is 16.3. The zero-order valence-corrected chi connectivity index (χ0v) is 14.4. The Kier molecular flexibility index (Phi) is 4.32. The molecule has 1 fully saturated rings. The van der Waals surface area contributed by atoms with Crippen LogP contribution in [0.2, 0.25) is 0 Å². The van der Waals surface area contributed by atoms with Crippen molar-refractivity contribution < 1.29 is 9.90 Å². The number of hydrogen-bond acceptors (Lipinski definition) is 3. The smallest absolute Gasteiger partial charge is 0.236 e. The molecular weight excluding hydrogens is 312 g/mol. The SMILES string of the molecule is O=C(CN1CCc2ccccc2C1)N1CC[C@](O)(c2ccccc2)C1. The highest BCUT2D eigenvalue weighted by Gasteiger charge is 2.39. The van der Waals surface area contributed by atoms with Crippen LogP contribution in [-0.2, 0) is 23.4 Å². The van der Waals surface area contributed by atoms with Crippen LogP contribution in [0.3, 0.4) is 0 Å². The first kappa shape index (κ1) is 16.3. The van der Waals surface area contributed by atoms with E-state index in [1.165, 1.54) is 11.1 Å². The number of likely N-dealkylation sites (tertiary alicyclic amines) is 1. The number of nitrogens with zero attached hydrogens (tertiary/aromatic N) is 2. The van der Waals surface area contributed by atoms with Gasteiger partial charge in [0, 0.05) is 19.6 Å². The summed E-state index contributed by atoms with van der Waals surface area (Å²) in [6.45, 7) is 3.19. The molecule has 4 heteroatoms. The van der Waals surface area contributed by atoms with E-state index in [0.717, 1.165) is 25.1 Å². The number of carbonyl (C=O) groups excluding carboxylic acids is 1. The van der Waals surface area contributed by atoms with Gasteiger partial charge in [-0.2, -0.15) is 0 Å². The van der Waals surface area contributed by atoms with E-state index in [4.69, 9.17) is 0 Å². The van der Waals surface area contributed by atoms with Crippen molar-refractivity contribution in [3.8, 4) is 0 Å². The average Bonchev–Trinajstić information content (AvgIpc) is 3.06. The van der Waals surface area contributed by atoms with Gasteiger partial charge in [-0.15, -0.1) is 0 Å². The van der Waals surface area contributed by atoms with Crippen molar-refractivity contribution in [2.75, 3.05) is 26.2 Å². The lowest BCUT2D eigenvalue weighted by atomic mass is 9.93. The van der Waals surface area contributed by atoms with E-state index in [1.807, 2.05) is 35.2 Å². The highest BCUT2D eigenvalue weighted by Crippen LogP contribution is 2.32. The van der Waals surface area contributed by atoms with E-state index in [0.29, 0.717) is 26.1 Å². The monoisotopic (exact) mass is 336 g/mol. The summed E-state index contributed by atoms with van der Waals surface area (Å²) in [5.74, 6) is 0.117. The summed E-state index contributed by atoms with van der Waals surface area (Å²) in [5.41, 5.74) is 2.71. The second-order valence-electron chi connectivity index (χ2n) is 7.19. The van der Waals surface area contributed by atoms with Crippen molar-refractivity contribution in [1.29, 1.82) is 0 Å². The van der Waals surface area contributed by atoms with E-state index in [-0.39, 0.29) is 5.91 Å². The Labute approximate surface area is 148 Å². The summed E-state index contributed by atoms with van der Waals surface area (Å²) >= 11 is 0. The Morgan fingerprint density at radius 1 is 1.00 bits per heavy atom. The molecule has 4 nitrogen and oxygen atoms in total. The molecule has 0 unspecified atom stereocenters. The topological polar surface area (TPSA) is 43.8 Å². The maximum Gasteiger partial charge on any atom is 0.236 e. The zero-order chi connectivity index (χ0) is 17.3. The van der Waals surface area contributed by atoms with Crippen molar-refractivity contribution in [1.82, 2.24) is 9.80 Å². The number of hydrogen-bond donors (Lipinski definition) is 1. The van der Waals surface area contributed by atoms with Gasteiger partial charge < -0.3 is 10.0 Å². The largest absolute Gasteiger partial charge is 0.383 e. The van der Waals surface area contributed by atoms with Crippen molar-refractivity contribution in [3.05, 3.63) is 71.3 Å². The Morgan fingerprint density at radius 3 is 2.52 bits per heavy atom. The molecule has 2 aromatic carbocycles. The molecule has 130 valence electrons. The molecule has 0 bridgehead atoms. The standard InChI is InChI=1S/C21H24N2O2/c24-20(15-22-12-10-17-6-4-5-7-18(17)14-22)23-13-11-21(25,16-23)19-8-2-1-3-9-19/h1-9,25H,10-16H2/t21-/m1/s1. The van der Waals surface area contributed by atoms with Gasteiger partial charge in [0.1, 0.15) is 5.60 Å². The van der Waals surface area contributed by atoms with Gasteiger partial charge in [0.25, 0.3) is 0 Å². The number of fused-ring (bicyclic) bond motifs is 1. The lowest BCUT2D eigenvalue weighted by Gasteiger charge is -2.30. The van der Waals surface area contributed by atoms with Gasteiger partial charge in [0.2, 0.25) is 5.91 Å². The number of benzene rings is 2. The number of rotatable bonds is 3. The minimum absolute atomic E-state index is 0.117. The number of aliphatic hydroxyl groups is 1. The van der Waals surface area contributed by atoms with Crippen LogP contribution in [-0.4, -0.2) is 47.0 Å². The fourth-order valence-electron chi connectivity index (χ4n) is 3.97. The summed E-state index contributed by atoms with van der Waals surface area (Å²) in [6, 6.07) is 18.2. The normalized spacial score (nSPS) is 23.5. The van der Waals surface area contributed by atoms with Crippen LogP contribution in [0.4, 0.5) is 0 Å². The highest BCUT2D eigenvalue weighted by molar-refractivity contribution is 5.78. The molecule has 0 aromatic heterocycles. The second kappa shape index (κ2) is 6.62. The van der Waals surface area contributed by atoms with Gasteiger partial charge in [0.05, 0.1) is 13.1 Å². The summed E-state index contributed by atoms with van der Waals surface area (Å²) in [4.78, 5) is 16.7. The van der Waals surface area contributed by atoms with Crippen LogP contribution >= 0.6 is 0 Å². The molecular formula is C21H24N2O2. The van der Waals surface area contributed by atoms with Crippen LogP contribution in [0.15, 0.2) is 54.6 Å². The number of β-amino-alcohol motifs (C(OH)–C–C–N with tert-alkyl or cyclic N) is 1. The summed E-state index contributed by atoms with van der Waals surface area (Å²) in [7, 11) is 0. The minimum atomic E-state index is -0.911. The first-order valence-electron chi connectivity index (χ1n) is 8.99. The second-order valence-corrected chi connectivity index (χ2v) is 7.19. The third kappa shape index (κ3) is 3.32. The predicted octanol–water partition coefficient (Wildman–Crippen LogP) is 2.16. The fraction of sp³-hybridized carbons (Fsp3) is 0.381. The molecule has 2 aromatic rings. The summed E-state index contributed by atoms with van der Waals surface area (Å²) < 4.78 is 0. The maximum atomic E-state index is 12.7. The van der Waals surface area contributed by atoms with Crippen LogP contribution < -0.4 is 0 Å². The Morgan fingerprint density at radius 2 is 1.72 bits per heavy atom. The van der Waals surface area contributed by atoms with E-state index < -0.39 is 5.60 Å². The van der Waals surface area contributed by atoms with Crippen LogP contribution in [0.5, 0.6) is 0 Å². The molecule has 2 aliphatic rings. The summed E-state index contributed by atoms with van der Waals surface area (Å²) in [5, 5.41) is 10.9. The van der Waals surface area contributed by atoms with Gasteiger partial charge in [0.15, 0.2) is 0 Å². The average molecular weight is 336 g/mol. The number of amides is 1. The van der Waals surface area contributed by atoms with Crippen molar-refractivity contribution >= 4 is 5.91 Å². The van der Waals surface area contributed by atoms with Crippen molar-refractivity contribution in [3.63, 3.8) is 0 Å². The first-order valence-corrected chi connectivity index (χ1v) is 8.99. The van der Waals surface area contributed by atoms with Gasteiger partial charge >= 0.3 is 0 Å². The van der Waals surface area contributed by atoms with E-state index in [9.17, 15) is 9.90 Å². The van der Waals surface area contributed by atoms with E-state index >= 15 is 0 Å². The first-order chi connectivity index (χ1) is 12.1. The van der Waals surface area contributed by atoms with Crippen molar-refractivity contribution in [2.24, 2.45) is 0 Å². The fourth-order valence-corrected chi connectivity index (χ4v) is 3.97. The van der Waals surface area contributed by atoms with Crippen LogP contribution in [0, 0.1) is 0 Å². The maximum absolute atomic E-state index is 12.7.